The summed E-state index contributed by atoms with van der Waals surface area (Å²) in [6.07, 6.45) is -4.58. The van der Waals surface area contributed by atoms with Crippen molar-refractivity contribution in [3.05, 3.63) is 80.8 Å². The average Bonchev–Trinajstić information content (AvgIpc) is 3.02. The van der Waals surface area contributed by atoms with Crippen LogP contribution in [0, 0.1) is 10.1 Å². The van der Waals surface area contributed by atoms with E-state index in [1.54, 1.807) is 30.3 Å². The van der Waals surface area contributed by atoms with Crippen molar-refractivity contribution in [1.29, 1.82) is 0 Å². The van der Waals surface area contributed by atoms with Gasteiger partial charge in [0, 0.05) is 23.7 Å². The molecule has 0 bridgehead atoms. The van der Waals surface area contributed by atoms with Gasteiger partial charge in [0.2, 0.25) is 5.89 Å². The van der Waals surface area contributed by atoms with Crippen LogP contribution in [0.4, 0.5) is 18.9 Å². The highest BCUT2D eigenvalue weighted by molar-refractivity contribution is 5.51. The normalized spacial score (nSPS) is 11.7. The highest BCUT2D eigenvalue weighted by Crippen LogP contribution is 2.23. The Balaban J connectivity index is 1.88. The van der Waals surface area contributed by atoms with Gasteiger partial charge in [0.15, 0.2) is 0 Å². The highest BCUT2D eigenvalue weighted by atomic mass is 19.4. The predicted octanol–water partition coefficient (Wildman–Crippen LogP) is 3.43. The molecular weight excluding hydrogens is 393 g/mol. The molecule has 0 aliphatic carbocycles. The average molecular weight is 408 g/mol. The summed E-state index contributed by atoms with van der Waals surface area (Å²) < 4.78 is 44.9. The minimum absolute atomic E-state index is 0.0340. The Kier molecular flexibility index (Phi) is 5.78. The molecule has 152 valence electrons. The van der Waals surface area contributed by atoms with Crippen molar-refractivity contribution in [3.63, 3.8) is 0 Å². The van der Waals surface area contributed by atoms with Crippen molar-refractivity contribution < 1.29 is 22.5 Å². The van der Waals surface area contributed by atoms with Crippen molar-refractivity contribution >= 4 is 5.69 Å². The lowest BCUT2D eigenvalue weighted by Gasteiger charge is -2.22. The molecule has 0 unspecified atom stereocenters. The van der Waals surface area contributed by atoms with Gasteiger partial charge >= 0.3 is 11.9 Å². The SMILES string of the molecule is O=c1oc(-c2ccccc2)nn1CN(Cc1ccccc1[N+](=O)[O-])CC(F)(F)F. The molecule has 0 radical (unpaired) electrons. The molecule has 29 heavy (non-hydrogen) atoms. The number of para-hydroxylation sites is 1. The van der Waals surface area contributed by atoms with Crippen LogP contribution < -0.4 is 5.76 Å². The van der Waals surface area contributed by atoms with Gasteiger partial charge in [0.05, 0.1) is 11.5 Å². The van der Waals surface area contributed by atoms with Gasteiger partial charge in [-0.15, -0.1) is 5.10 Å². The molecule has 0 fully saturated rings. The zero-order valence-corrected chi connectivity index (χ0v) is 14.9. The first-order valence-corrected chi connectivity index (χ1v) is 8.38. The van der Waals surface area contributed by atoms with Gasteiger partial charge in [-0.2, -0.15) is 17.9 Å². The molecule has 1 heterocycles. The zero-order chi connectivity index (χ0) is 21.0. The van der Waals surface area contributed by atoms with E-state index in [0.29, 0.717) is 5.56 Å². The van der Waals surface area contributed by atoms with Crippen LogP contribution in [0.1, 0.15) is 5.56 Å². The lowest BCUT2D eigenvalue weighted by Crippen LogP contribution is -2.37. The van der Waals surface area contributed by atoms with E-state index >= 15 is 0 Å². The maximum absolute atomic E-state index is 13.0. The number of nitro benzene ring substituents is 1. The molecule has 3 aromatic rings. The van der Waals surface area contributed by atoms with E-state index in [1.165, 1.54) is 24.3 Å². The van der Waals surface area contributed by atoms with Crippen LogP contribution in [0.25, 0.3) is 11.5 Å². The summed E-state index contributed by atoms with van der Waals surface area (Å²) in [6.45, 7) is -2.35. The standard InChI is InChI=1S/C18H15F3N4O4/c19-18(20,21)11-23(10-14-8-4-5-9-15(14)25(27)28)12-24-17(26)29-16(22-24)13-6-2-1-3-7-13/h1-9H,10-12H2. The number of hydrogen-bond acceptors (Lipinski definition) is 6. The van der Waals surface area contributed by atoms with Gasteiger partial charge in [0.25, 0.3) is 5.69 Å². The Labute approximate surface area is 161 Å². The second-order valence-electron chi connectivity index (χ2n) is 6.17. The topological polar surface area (TPSA) is 94.4 Å². The van der Waals surface area contributed by atoms with Crippen molar-refractivity contribution in [2.24, 2.45) is 0 Å². The molecule has 0 aliphatic rings. The number of nitrogens with zero attached hydrogens (tertiary/aromatic N) is 4. The molecule has 0 atom stereocenters. The molecule has 0 saturated carbocycles. The summed E-state index contributed by atoms with van der Waals surface area (Å²) in [5, 5.41) is 15.1. The van der Waals surface area contributed by atoms with Crippen LogP contribution in [0.3, 0.4) is 0 Å². The third kappa shape index (κ3) is 5.29. The molecule has 0 amide bonds. The van der Waals surface area contributed by atoms with E-state index in [4.69, 9.17) is 4.42 Å². The Hall–Kier alpha value is -3.47. The van der Waals surface area contributed by atoms with Crippen LogP contribution in [0.15, 0.2) is 63.8 Å². The Morgan fingerprint density at radius 3 is 2.41 bits per heavy atom. The molecule has 11 heteroatoms. The summed E-state index contributed by atoms with van der Waals surface area (Å²) >= 11 is 0. The fourth-order valence-corrected chi connectivity index (χ4v) is 2.76. The first-order chi connectivity index (χ1) is 13.7. The third-order valence-corrected chi connectivity index (χ3v) is 3.95. The number of nitro groups is 1. The number of rotatable bonds is 7. The maximum atomic E-state index is 13.0. The van der Waals surface area contributed by atoms with E-state index in [9.17, 15) is 28.1 Å². The summed E-state index contributed by atoms with van der Waals surface area (Å²) in [6, 6.07) is 13.9. The monoisotopic (exact) mass is 408 g/mol. The molecule has 0 aliphatic heterocycles. The largest absolute Gasteiger partial charge is 0.438 e. The predicted molar refractivity (Wildman–Crippen MR) is 95.8 cm³/mol. The highest BCUT2D eigenvalue weighted by Gasteiger charge is 2.32. The molecule has 0 saturated heterocycles. The molecular formula is C18H15F3N4O4. The number of alkyl halides is 3. The minimum atomic E-state index is -4.58. The zero-order valence-electron chi connectivity index (χ0n) is 14.9. The molecule has 1 aromatic heterocycles. The van der Waals surface area contributed by atoms with E-state index in [2.05, 4.69) is 5.10 Å². The van der Waals surface area contributed by atoms with Crippen LogP contribution in [-0.2, 0) is 13.2 Å². The Morgan fingerprint density at radius 1 is 1.10 bits per heavy atom. The van der Waals surface area contributed by atoms with Crippen molar-refractivity contribution in [3.8, 4) is 11.5 Å². The van der Waals surface area contributed by atoms with Gasteiger partial charge in [-0.05, 0) is 12.1 Å². The lowest BCUT2D eigenvalue weighted by atomic mass is 10.1. The van der Waals surface area contributed by atoms with Crippen LogP contribution in [0.5, 0.6) is 0 Å². The van der Waals surface area contributed by atoms with E-state index < -0.39 is 36.6 Å². The van der Waals surface area contributed by atoms with Crippen LogP contribution in [-0.4, -0.2) is 32.3 Å². The van der Waals surface area contributed by atoms with Crippen LogP contribution in [0.2, 0.25) is 0 Å². The minimum Gasteiger partial charge on any atom is -0.388 e. The van der Waals surface area contributed by atoms with E-state index in [-0.39, 0.29) is 17.1 Å². The number of halogens is 3. The first-order valence-electron chi connectivity index (χ1n) is 8.38. The smallest absolute Gasteiger partial charge is 0.388 e. The molecule has 0 N–H and O–H groups in total. The maximum Gasteiger partial charge on any atom is 0.438 e. The fourth-order valence-electron chi connectivity index (χ4n) is 2.76. The summed E-state index contributed by atoms with van der Waals surface area (Å²) in [5.41, 5.74) is 0.267. The van der Waals surface area contributed by atoms with Crippen LogP contribution >= 0.6 is 0 Å². The molecule has 0 spiro atoms. The lowest BCUT2D eigenvalue weighted by molar-refractivity contribution is -0.385. The Bertz CT molecular complexity index is 1050. The van der Waals surface area contributed by atoms with Gasteiger partial charge < -0.3 is 4.42 Å². The molecule has 3 rings (SSSR count). The van der Waals surface area contributed by atoms with Gasteiger partial charge in [0.1, 0.15) is 6.67 Å². The van der Waals surface area contributed by atoms with E-state index in [1.807, 2.05) is 0 Å². The fraction of sp³-hybridized carbons (Fsp3) is 0.222. The quantitative estimate of drug-likeness (QED) is 0.439. The Morgan fingerprint density at radius 2 is 1.76 bits per heavy atom. The third-order valence-electron chi connectivity index (χ3n) is 3.95. The molecule has 2 aromatic carbocycles. The van der Waals surface area contributed by atoms with Crippen molar-refractivity contribution in [2.75, 3.05) is 6.54 Å². The van der Waals surface area contributed by atoms with Gasteiger partial charge in [-0.1, -0.05) is 36.4 Å². The first kappa shape index (κ1) is 20.3. The van der Waals surface area contributed by atoms with E-state index in [0.717, 1.165) is 9.58 Å². The molecule has 8 nitrogen and oxygen atoms in total. The van der Waals surface area contributed by atoms with Gasteiger partial charge in [-0.3, -0.25) is 15.0 Å². The van der Waals surface area contributed by atoms with Crippen molar-refractivity contribution in [2.45, 2.75) is 19.4 Å². The summed E-state index contributed by atoms with van der Waals surface area (Å²) in [7, 11) is 0. The van der Waals surface area contributed by atoms with Crippen molar-refractivity contribution in [1.82, 2.24) is 14.7 Å². The number of aromatic nitrogens is 2. The summed E-state index contributed by atoms with van der Waals surface area (Å²) in [4.78, 5) is 23.4. The number of benzene rings is 2. The van der Waals surface area contributed by atoms with Gasteiger partial charge in [-0.25, -0.2) is 4.79 Å². The number of hydrogen-bond donors (Lipinski definition) is 0. The second-order valence-corrected chi connectivity index (χ2v) is 6.17. The second kappa shape index (κ2) is 8.27. The summed E-state index contributed by atoms with van der Waals surface area (Å²) in [5.74, 6) is -0.966.